The van der Waals surface area contributed by atoms with Crippen LogP contribution in [0, 0.1) is 0 Å². The molecule has 1 rings (SSSR count). The molecule has 1 aromatic rings. The second kappa shape index (κ2) is 7.99. The molecular formula is C11H18O. The Bertz CT molecular complexity index is 202. The molecule has 0 aliphatic carbocycles. The molecule has 0 aromatic heterocycles. The Morgan fingerprint density at radius 1 is 1.08 bits per heavy atom. The Balaban J connectivity index is 0. The van der Waals surface area contributed by atoms with Crippen LogP contribution >= 0.6 is 0 Å². The van der Waals surface area contributed by atoms with Gasteiger partial charge < -0.3 is 0 Å². The van der Waals surface area contributed by atoms with E-state index >= 15 is 0 Å². The zero-order valence-corrected chi connectivity index (χ0v) is 7.29. The van der Waals surface area contributed by atoms with Crippen LogP contribution in [0.5, 0.6) is 0 Å². The summed E-state index contributed by atoms with van der Waals surface area (Å²) in [6.45, 7) is 5.56. The maximum absolute atomic E-state index is 10.6. The van der Waals surface area contributed by atoms with Gasteiger partial charge in [0.1, 0.15) is 0 Å². The van der Waals surface area contributed by atoms with Gasteiger partial charge in [-0.15, -0.1) is 0 Å². The number of hydrogen-bond acceptors (Lipinski definition) is 1. The summed E-state index contributed by atoms with van der Waals surface area (Å²) in [6, 6.07) is 9.23. The largest absolute Gasteiger partial charge is 0.295 e. The van der Waals surface area contributed by atoms with Crippen LogP contribution in [-0.2, 0) is 0 Å². The molecule has 0 fully saturated rings. The first-order valence-electron chi connectivity index (χ1n) is 3.86. The third-order valence-corrected chi connectivity index (χ3v) is 1.18. The van der Waals surface area contributed by atoms with Crippen LogP contribution in [0.2, 0.25) is 0 Å². The SMILES string of the molecule is C.CC.CC(=O)c1ccccc1. The minimum atomic E-state index is 0. The molecule has 1 heteroatoms. The van der Waals surface area contributed by atoms with Crippen molar-refractivity contribution in [1.29, 1.82) is 0 Å². The molecule has 0 radical (unpaired) electrons. The van der Waals surface area contributed by atoms with Crippen LogP contribution in [-0.4, -0.2) is 5.78 Å². The fourth-order valence-corrected chi connectivity index (χ4v) is 0.673. The van der Waals surface area contributed by atoms with Gasteiger partial charge in [0.05, 0.1) is 0 Å². The van der Waals surface area contributed by atoms with E-state index in [4.69, 9.17) is 0 Å². The Morgan fingerprint density at radius 3 is 1.75 bits per heavy atom. The minimum Gasteiger partial charge on any atom is -0.295 e. The summed E-state index contributed by atoms with van der Waals surface area (Å²) in [5, 5.41) is 0. The fraction of sp³-hybridized carbons (Fsp3) is 0.364. The van der Waals surface area contributed by atoms with Crippen molar-refractivity contribution >= 4 is 5.78 Å². The van der Waals surface area contributed by atoms with E-state index in [1.54, 1.807) is 6.92 Å². The monoisotopic (exact) mass is 166 g/mol. The van der Waals surface area contributed by atoms with Crippen molar-refractivity contribution in [2.75, 3.05) is 0 Å². The van der Waals surface area contributed by atoms with Crippen LogP contribution < -0.4 is 0 Å². The predicted molar refractivity (Wildman–Crippen MR) is 54.5 cm³/mol. The van der Waals surface area contributed by atoms with Gasteiger partial charge in [0.2, 0.25) is 0 Å². The Morgan fingerprint density at radius 2 is 1.50 bits per heavy atom. The topological polar surface area (TPSA) is 17.1 Å². The molecule has 0 unspecified atom stereocenters. The van der Waals surface area contributed by atoms with Gasteiger partial charge in [0.25, 0.3) is 0 Å². The number of Topliss-reactive ketones (excluding diaryl/α,β-unsaturated/α-hetero) is 1. The Hall–Kier alpha value is -1.11. The van der Waals surface area contributed by atoms with Gasteiger partial charge in [-0.1, -0.05) is 51.6 Å². The van der Waals surface area contributed by atoms with Crippen molar-refractivity contribution in [3.63, 3.8) is 0 Å². The number of ketones is 1. The lowest BCUT2D eigenvalue weighted by atomic mass is 10.2. The van der Waals surface area contributed by atoms with Crippen LogP contribution in [0.25, 0.3) is 0 Å². The highest BCUT2D eigenvalue weighted by atomic mass is 16.1. The van der Waals surface area contributed by atoms with Crippen molar-refractivity contribution in [1.82, 2.24) is 0 Å². The molecular weight excluding hydrogens is 148 g/mol. The maximum Gasteiger partial charge on any atom is 0.159 e. The summed E-state index contributed by atoms with van der Waals surface area (Å²) < 4.78 is 0. The first-order valence-corrected chi connectivity index (χ1v) is 3.86. The molecule has 0 amide bonds. The van der Waals surface area contributed by atoms with E-state index in [1.807, 2.05) is 44.2 Å². The quantitative estimate of drug-likeness (QED) is 0.583. The summed E-state index contributed by atoms with van der Waals surface area (Å²) >= 11 is 0. The smallest absolute Gasteiger partial charge is 0.159 e. The molecule has 0 aliphatic heterocycles. The summed E-state index contributed by atoms with van der Waals surface area (Å²) in [5.41, 5.74) is 0.775. The zero-order chi connectivity index (χ0) is 8.69. The van der Waals surface area contributed by atoms with E-state index < -0.39 is 0 Å². The van der Waals surface area contributed by atoms with E-state index in [0.717, 1.165) is 5.56 Å². The van der Waals surface area contributed by atoms with Gasteiger partial charge in [-0.3, -0.25) is 4.79 Å². The number of benzene rings is 1. The molecule has 1 nitrogen and oxygen atoms in total. The fourth-order valence-electron chi connectivity index (χ4n) is 0.673. The van der Waals surface area contributed by atoms with Gasteiger partial charge in [-0.05, 0) is 6.92 Å². The molecule has 0 bridgehead atoms. The number of hydrogen-bond donors (Lipinski definition) is 0. The Kier molecular flexibility index (Phi) is 8.98. The van der Waals surface area contributed by atoms with Gasteiger partial charge in [-0.2, -0.15) is 0 Å². The lowest BCUT2D eigenvalue weighted by Gasteiger charge is -1.89. The minimum absolute atomic E-state index is 0. The number of carbonyl (C=O) groups excluding carboxylic acids is 1. The van der Waals surface area contributed by atoms with Crippen molar-refractivity contribution in [2.24, 2.45) is 0 Å². The average molecular weight is 166 g/mol. The van der Waals surface area contributed by atoms with Crippen molar-refractivity contribution in [3.05, 3.63) is 35.9 Å². The van der Waals surface area contributed by atoms with E-state index in [2.05, 4.69) is 0 Å². The molecule has 0 saturated heterocycles. The normalized spacial score (nSPS) is 7.25. The van der Waals surface area contributed by atoms with Crippen molar-refractivity contribution < 1.29 is 4.79 Å². The highest BCUT2D eigenvalue weighted by Gasteiger charge is 1.92. The average Bonchev–Trinajstić information content (AvgIpc) is 2.10. The summed E-state index contributed by atoms with van der Waals surface area (Å²) in [4.78, 5) is 10.6. The van der Waals surface area contributed by atoms with Gasteiger partial charge in [0.15, 0.2) is 5.78 Å². The molecule has 0 spiro atoms. The number of carbonyl (C=O) groups is 1. The molecule has 1 aromatic carbocycles. The highest BCUT2D eigenvalue weighted by molar-refractivity contribution is 5.93. The lowest BCUT2D eigenvalue weighted by molar-refractivity contribution is 0.101. The highest BCUT2D eigenvalue weighted by Crippen LogP contribution is 1.97. The third kappa shape index (κ3) is 4.67. The van der Waals surface area contributed by atoms with Crippen LogP contribution in [0.1, 0.15) is 38.6 Å². The second-order valence-electron chi connectivity index (χ2n) is 1.92. The van der Waals surface area contributed by atoms with Crippen LogP contribution in [0.15, 0.2) is 30.3 Å². The molecule has 12 heavy (non-hydrogen) atoms. The zero-order valence-electron chi connectivity index (χ0n) is 7.29. The second-order valence-corrected chi connectivity index (χ2v) is 1.92. The standard InChI is InChI=1S/C8H8O.C2H6.CH4/c1-7(9)8-5-3-2-4-6-8;1-2;/h2-6H,1H3;1-2H3;1H4. The first-order chi connectivity index (χ1) is 5.30. The number of rotatable bonds is 1. The van der Waals surface area contributed by atoms with Crippen molar-refractivity contribution in [3.8, 4) is 0 Å². The van der Waals surface area contributed by atoms with Gasteiger partial charge >= 0.3 is 0 Å². The molecule has 0 atom stereocenters. The van der Waals surface area contributed by atoms with Gasteiger partial charge in [-0.25, -0.2) is 0 Å². The van der Waals surface area contributed by atoms with Gasteiger partial charge in [0, 0.05) is 5.56 Å². The van der Waals surface area contributed by atoms with Crippen LogP contribution in [0.4, 0.5) is 0 Å². The molecule has 68 valence electrons. The first kappa shape index (κ1) is 13.5. The van der Waals surface area contributed by atoms with Crippen LogP contribution in [0.3, 0.4) is 0 Å². The molecule has 0 heterocycles. The Labute approximate surface area is 75.4 Å². The molecule has 0 saturated carbocycles. The lowest BCUT2D eigenvalue weighted by Crippen LogP contribution is -1.88. The maximum atomic E-state index is 10.6. The van der Waals surface area contributed by atoms with E-state index in [9.17, 15) is 4.79 Å². The van der Waals surface area contributed by atoms with E-state index in [-0.39, 0.29) is 13.2 Å². The van der Waals surface area contributed by atoms with E-state index in [1.165, 1.54) is 0 Å². The summed E-state index contributed by atoms with van der Waals surface area (Å²) in [5.74, 6) is 0.121. The van der Waals surface area contributed by atoms with Crippen molar-refractivity contribution in [2.45, 2.75) is 28.2 Å². The summed E-state index contributed by atoms with van der Waals surface area (Å²) in [6.07, 6.45) is 0. The summed E-state index contributed by atoms with van der Waals surface area (Å²) in [7, 11) is 0. The van der Waals surface area contributed by atoms with E-state index in [0.29, 0.717) is 0 Å². The predicted octanol–water partition coefficient (Wildman–Crippen LogP) is 3.55. The molecule has 0 aliphatic rings. The third-order valence-electron chi connectivity index (χ3n) is 1.18. The molecule has 0 N–H and O–H groups in total.